The Balaban J connectivity index is 2.40. The van der Waals surface area contributed by atoms with Crippen molar-refractivity contribution in [2.45, 2.75) is 38.6 Å². The summed E-state index contributed by atoms with van der Waals surface area (Å²) in [5, 5.41) is 0. The predicted octanol–water partition coefficient (Wildman–Crippen LogP) is 3.16. The standard InChI is InChI=1S/C18H24N2O4S/c1-12(2)20-13(3)11-17(14(20)4)18(21)19(5)25(22,23)16-9-7-15(24-6)8-10-16/h7-12H,1-6H3. The molecule has 0 atom stereocenters. The van der Waals surface area contributed by atoms with Gasteiger partial charge in [-0.3, -0.25) is 4.79 Å². The monoisotopic (exact) mass is 364 g/mol. The lowest BCUT2D eigenvalue weighted by Crippen LogP contribution is -2.33. The van der Waals surface area contributed by atoms with Crippen LogP contribution in [0.1, 0.15) is 41.6 Å². The molecule has 25 heavy (non-hydrogen) atoms. The summed E-state index contributed by atoms with van der Waals surface area (Å²) in [7, 11) is -1.15. The van der Waals surface area contributed by atoms with E-state index in [2.05, 4.69) is 0 Å². The number of rotatable bonds is 5. The fourth-order valence-corrected chi connectivity index (χ4v) is 4.09. The van der Waals surface area contributed by atoms with Gasteiger partial charge in [0.15, 0.2) is 0 Å². The molecule has 0 N–H and O–H groups in total. The van der Waals surface area contributed by atoms with Crippen LogP contribution in [0.5, 0.6) is 5.75 Å². The Morgan fingerprint density at radius 2 is 1.72 bits per heavy atom. The second-order valence-electron chi connectivity index (χ2n) is 6.20. The van der Waals surface area contributed by atoms with Crippen molar-refractivity contribution in [2.75, 3.05) is 14.2 Å². The molecular weight excluding hydrogens is 340 g/mol. The fraction of sp³-hybridized carbons (Fsp3) is 0.389. The smallest absolute Gasteiger partial charge is 0.269 e. The number of sulfonamides is 1. The molecule has 0 saturated carbocycles. The number of aryl methyl sites for hydroxylation is 1. The second kappa shape index (κ2) is 6.92. The minimum Gasteiger partial charge on any atom is -0.497 e. The molecule has 2 aromatic rings. The lowest BCUT2D eigenvalue weighted by atomic mass is 10.2. The van der Waals surface area contributed by atoms with E-state index in [1.807, 2.05) is 32.3 Å². The number of nitrogens with zero attached hydrogens (tertiary/aromatic N) is 2. The van der Waals surface area contributed by atoms with E-state index in [-0.39, 0.29) is 10.9 Å². The molecule has 0 radical (unpaired) electrons. The summed E-state index contributed by atoms with van der Waals surface area (Å²) < 4.78 is 33.3. The quantitative estimate of drug-likeness (QED) is 0.817. The van der Waals surface area contributed by atoms with Crippen LogP contribution >= 0.6 is 0 Å². The number of methoxy groups -OCH3 is 1. The maximum Gasteiger partial charge on any atom is 0.269 e. The Morgan fingerprint density at radius 3 is 2.16 bits per heavy atom. The maximum atomic E-state index is 12.8. The van der Waals surface area contributed by atoms with Gasteiger partial charge in [-0.05, 0) is 58.0 Å². The van der Waals surface area contributed by atoms with E-state index < -0.39 is 15.9 Å². The van der Waals surface area contributed by atoms with Crippen molar-refractivity contribution < 1.29 is 17.9 Å². The van der Waals surface area contributed by atoms with Crippen LogP contribution in [-0.4, -0.2) is 37.4 Å². The van der Waals surface area contributed by atoms with E-state index in [1.165, 1.54) is 26.3 Å². The molecule has 2 rings (SSSR count). The molecule has 0 bridgehead atoms. The molecule has 0 aliphatic rings. The summed E-state index contributed by atoms with van der Waals surface area (Å²) in [6.07, 6.45) is 0. The fourth-order valence-electron chi connectivity index (χ4n) is 2.97. The van der Waals surface area contributed by atoms with Gasteiger partial charge in [0, 0.05) is 24.5 Å². The largest absolute Gasteiger partial charge is 0.497 e. The molecule has 1 aromatic carbocycles. The van der Waals surface area contributed by atoms with Crippen molar-refractivity contribution in [3.63, 3.8) is 0 Å². The molecule has 136 valence electrons. The first-order chi connectivity index (χ1) is 11.6. The lowest BCUT2D eigenvalue weighted by Gasteiger charge is -2.18. The van der Waals surface area contributed by atoms with E-state index in [0.29, 0.717) is 11.3 Å². The molecule has 0 spiro atoms. The van der Waals surface area contributed by atoms with Gasteiger partial charge in [-0.25, -0.2) is 12.7 Å². The summed E-state index contributed by atoms with van der Waals surface area (Å²) >= 11 is 0. The second-order valence-corrected chi connectivity index (χ2v) is 8.17. The molecule has 1 aromatic heterocycles. The van der Waals surface area contributed by atoms with Crippen molar-refractivity contribution in [3.05, 3.63) is 47.3 Å². The van der Waals surface area contributed by atoms with Gasteiger partial charge in [0.25, 0.3) is 15.9 Å². The van der Waals surface area contributed by atoms with Gasteiger partial charge < -0.3 is 9.30 Å². The molecule has 0 fully saturated rings. The van der Waals surface area contributed by atoms with Crippen molar-refractivity contribution in [3.8, 4) is 5.75 Å². The Bertz CT molecular complexity index is 881. The summed E-state index contributed by atoms with van der Waals surface area (Å²) in [6.45, 7) is 7.77. The maximum absolute atomic E-state index is 12.8. The van der Waals surface area contributed by atoms with Crippen LogP contribution in [0, 0.1) is 13.8 Å². The molecule has 0 unspecified atom stereocenters. The van der Waals surface area contributed by atoms with Gasteiger partial charge in [-0.15, -0.1) is 0 Å². The van der Waals surface area contributed by atoms with Crippen molar-refractivity contribution in [1.82, 2.24) is 8.87 Å². The van der Waals surface area contributed by atoms with Crippen LogP contribution in [0.2, 0.25) is 0 Å². The number of hydrogen-bond acceptors (Lipinski definition) is 4. The van der Waals surface area contributed by atoms with E-state index in [0.717, 1.165) is 15.7 Å². The summed E-state index contributed by atoms with van der Waals surface area (Å²) in [6, 6.07) is 7.87. The van der Waals surface area contributed by atoms with Gasteiger partial charge in [-0.1, -0.05) is 0 Å². The highest BCUT2D eigenvalue weighted by Crippen LogP contribution is 2.24. The SMILES string of the molecule is COc1ccc(S(=O)(=O)N(C)C(=O)c2cc(C)n(C(C)C)c2C)cc1. The minimum absolute atomic E-state index is 0.0433. The van der Waals surface area contributed by atoms with Crippen LogP contribution in [0.25, 0.3) is 0 Å². The summed E-state index contributed by atoms with van der Waals surface area (Å²) in [5.41, 5.74) is 2.08. The number of ether oxygens (including phenoxy) is 1. The van der Waals surface area contributed by atoms with E-state index in [9.17, 15) is 13.2 Å². The van der Waals surface area contributed by atoms with E-state index >= 15 is 0 Å². The topological polar surface area (TPSA) is 68.6 Å². The Morgan fingerprint density at radius 1 is 1.16 bits per heavy atom. The lowest BCUT2D eigenvalue weighted by molar-refractivity contribution is 0.0882. The summed E-state index contributed by atoms with van der Waals surface area (Å²) in [4.78, 5) is 12.8. The van der Waals surface area contributed by atoms with E-state index in [1.54, 1.807) is 18.2 Å². The molecule has 6 nitrogen and oxygen atoms in total. The first-order valence-electron chi connectivity index (χ1n) is 7.97. The third-order valence-electron chi connectivity index (χ3n) is 4.23. The van der Waals surface area contributed by atoms with Gasteiger partial charge in [0.1, 0.15) is 5.75 Å². The van der Waals surface area contributed by atoms with Crippen molar-refractivity contribution in [2.24, 2.45) is 0 Å². The third-order valence-corrected chi connectivity index (χ3v) is 5.99. The van der Waals surface area contributed by atoms with Gasteiger partial charge in [0.2, 0.25) is 0 Å². The third kappa shape index (κ3) is 3.42. The molecule has 7 heteroatoms. The number of carbonyl (C=O) groups is 1. The number of hydrogen-bond donors (Lipinski definition) is 0. The molecule has 1 heterocycles. The Labute approximate surface area is 149 Å². The molecule has 0 saturated heterocycles. The average Bonchev–Trinajstić information content (AvgIpc) is 2.88. The van der Waals surface area contributed by atoms with Gasteiger partial charge in [-0.2, -0.15) is 0 Å². The highest BCUT2D eigenvalue weighted by molar-refractivity contribution is 7.89. The number of benzene rings is 1. The van der Waals surface area contributed by atoms with Crippen LogP contribution in [0.3, 0.4) is 0 Å². The number of aromatic nitrogens is 1. The predicted molar refractivity (Wildman–Crippen MR) is 96.6 cm³/mol. The molecule has 1 amide bonds. The minimum atomic E-state index is -3.93. The van der Waals surface area contributed by atoms with E-state index in [4.69, 9.17) is 4.74 Å². The number of carbonyl (C=O) groups excluding carboxylic acids is 1. The van der Waals surface area contributed by atoms with Crippen LogP contribution < -0.4 is 4.74 Å². The van der Waals surface area contributed by atoms with Crippen LogP contribution in [0.4, 0.5) is 0 Å². The molecule has 0 aliphatic heterocycles. The van der Waals surface area contributed by atoms with Crippen molar-refractivity contribution >= 4 is 15.9 Å². The zero-order chi connectivity index (χ0) is 18.9. The normalized spacial score (nSPS) is 11.6. The van der Waals surface area contributed by atoms with Crippen LogP contribution in [0.15, 0.2) is 35.2 Å². The molecular formula is C18H24N2O4S. The first kappa shape index (κ1) is 19.1. The summed E-state index contributed by atoms with van der Waals surface area (Å²) in [5.74, 6) is 0.00391. The zero-order valence-electron chi connectivity index (χ0n) is 15.4. The first-order valence-corrected chi connectivity index (χ1v) is 9.41. The highest BCUT2D eigenvalue weighted by atomic mass is 32.2. The van der Waals surface area contributed by atoms with Crippen LogP contribution in [-0.2, 0) is 10.0 Å². The zero-order valence-corrected chi connectivity index (χ0v) is 16.2. The number of amides is 1. The molecule has 0 aliphatic carbocycles. The average molecular weight is 364 g/mol. The van der Waals surface area contributed by atoms with Crippen molar-refractivity contribution in [1.29, 1.82) is 0 Å². The van der Waals surface area contributed by atoms with Gasteiger partial charge in [0.05, 0.1) is 17.6 Å². The Hall–Kier alpha value is -2.28. The van der Waals surface area contributed by atoms with Gasteiger partial charge >= 0.3 is 0 Å². The highest BCUT2D eigenvalue weighted by Gasteiger charge is 2.29. The Kier molecular flexibility index (Phi) is 5.27.